The first-order valence-corrected chi connectivity index (χ1v) is 20.5. The Kier molecular flexibility index (Phi) is 6.98. The van der Waals surface area contributed by atoms with Crippen LogP contribution in [0.15, 0.2) is 217 Å². The molecule has 0 spiro atoms. The molecule has 0 fully saturated rings. The Balaban J connectivity index is 0.964. The number of fused-ring (bicyclic) bond motifs is 11. The average molecular weight is 766 g/mol. The third kappa shape index (κ3) is 4.73. The fraction of sp³-hybridized carbons (Fsp3) is 0. The summed E-state index contributed by atoms with van der Waals surface area (Å²) in [7, 11) is 0. The highest BCUT2D eigenvalue weighted by Crippen LogP contribution is 2.43. The second-order valence-electron chi connectivity index (χ2n) is 15.7. The lowest BCUT2D eigenvalue weighted by molar-refractivity contribution is 0.645. The Morgan fingerprint density at radius 3 is 1.55 bits per heavy atom. The number of aromatic nitrogens is 3. The van der Waals surface area contributed by atoms with Crippen LogP contribution in [0.2, 0.25) is 0 Å². The molecule has 0 aliphatic heterocycles. The average Bonchev–Trinajstić information content (AvgIpc) is 4.05. The third-order valence-electron chi connectivity index (χ3n) is 12.4. The summed E-state index contributed by atoms with van der Waals surface area (Å²) in [4.78, 5) is 0. The lowest BCUT2D eigenvalue weighted by Crippen LogP contribution is -1.96. The van der Waals surface area contributed by atoms with Gasteiger partial charge in [0.1, 0.15) is 5.58 Å². The number of rotatable bonds is 5. The van der Waals surface area contributed by atoms with Gasteiger partial charge >= 0.3 is 0 Å². The fourth-order valence-corrected chi connectivity index (χ4v) is 9.86. The SMILES string of the molecule is c1ccc(-n2c3oc4ccccc4c3c3cccc(-c4cccc(-c5cccc(-n6c7ccccc7c7cc(-n8c9ccccc9c9ccccc98)ccc76)c5)c4)c32)cc1. The van der Waals surface area contributed by atoms with E-state index in [0.717, 1.165) is 66.9 Å². The Labute approximate surface area is 345 Å². The number of hydrogen-bond donors (Lipinski definition) is 0. The van der Waals surface area contributed by atoms with Crippen LogP contribution in [0, 0.1) is 0 Å². The molecular weight excluding hydrogens is 731 g/mol. The standard InChI is InChI=1S/C56H35N3O/c1-2-18-39(19-3-1)59-55-42(25-14-26-47(55)54-46-24-7-11-30-53(46)60-56(54)59)38-17-12-15-36(33-38)37-16-13-20-40(34-37)57-51-29-10-6-23-45(51)48-35-41(31-32-52(48)57)58-49-27-8-4-21-43(49)44-22-5-9-28-50(44)58/h1-35H. The van der Waals surface area contributed by atoms with E-state index in [1.807, 2.05) is 6.07 Å². The molecule has 0 bridgehead atoms. The van der Waals surface area contributed by atoms with Gasteiger partial charge in [-0.2, -0.15) is 0 Å². The molecule has 0 aliphatic carbocycles. The highest BCUT2D eigenvalue weighted by atomic mass is 16.3. The Morgan fingerprint density at radius 1 is 0.300 bits per heavy atom. The van der Waals surface area contributed by atoms with Crippen LogP contribution in [0.1, 0.15) is 0 Å². The van der Waals surface area contributed by atoms with Crippen molar-refractivity contribution in [3.05, 3.63) is 212 Å². The smallest absolute Gasteiger partial charge is 0.213 e. The van der Waals surface area contributed by atoms with Crippen molar-refractivity contribution in [1.82, 2.24) is 13.7 Å². The summed E-state index contributed by atoms with van der Waals surface area (Å²) >= 11 is 0. The van der Waals surface area contributed by atoms with Gasteiger partial charge in [0.25, 0.3) is 0 Å². The molecule has 4 heterocycles. The van der Waals surface area contributed by atoms with Gasteiger partial charge in [0, 0.05) is 54.9 Å². The van der Waals surface area contributed by atoms with Crippen LogP contribution >= 0.6 is 0 Å². The number of hydrogen-bond acceptors (Lipinski definition) is 1. The lowest BCUT2D eigenvalue weighted by Gasteiger charge is -2.13. The highest BCUT2D eigenvalue weighted by molar-refractivity contribution is 6.22. The number of furan rings is 1. The zero-order valence-electron chi connectivity index (χ0n) is 32.5. The van der Waals surface area contributed by atoms with Crippen molar-refractivity contribution in [2.75, 3.05) is 0 Å². The van der Waals surface area contributed by atoms with E-state index in [1.165, 1.54) is 49.0 Å². The van der Waals surface area contributed by atoms with E-state index < -0.39 is 0 Å². The van der Waals surface area contributed by atoms with E-state index >= 15 is 0 Å². The zero-order valence-corrected chi connectivity index (χ0v) is 32.5. The number of nitrogens with zero attached hydrogens (tertiary/aromatic N) is 3. The second kappa shape index (κ2) is 12.7. The van der Waals surface area contributed by atoms with E-state index in [-0.39, 0.29) is 0 Å². The van der Waals surface area contributed by atoms with E-state index in [4.69, 9.17) is 4.42 Å². The molecule has 4 aromatic heterocycles. The first kappa shape index (κ1) is 32.9. The van der Waals surface area contributed by atoms with Crippen molar-refractivity contribution in [2.24, 2.45) is 0 Å². The molecular formula is C56H35N3O. The Bertz CT molecular complexity index is 3790. The molecule has 0 aliphatic rings. The predicted octanol–water partition coefficient (Wildman–Crippen LogP) is 15.1. The summed E-state index contributed by atoms with van der Waals surface area (Å²) in [6, 6.07) is 76.6. The molecule has 0 N–H and O–H groups in total. The fourth-order valence-electron chi connectivity index (χ4n) is 9.86. The molecule has 0 saturated carbocycles. The molecule has 9 aromatic carbocycles. The quantitative estimate of drug-likeness (QED) is 0.171. The molecule has 0 amide bonds. The van der Waals surface area contributed by atoms with Gasteiger partial charge in [-0.3, -0.25) is 4.57 Å². The predicted molar refractivity (Wildman–Crippen MR) is 250 cm³/mol. The minimum atomic E-state index is 0.863. The van der Waals surface area contributed by atoms with Gasteiger partial charge in [0.2, 0.25) is 5.71 Å². The van der Waals surface area contributed by atoms with E-state index in [1.54, 1.807) is 0 Å². The maximum Gasteiger partial charge on any atom is 0.213 e. The van der Waals surface area contributed by atoms with Gasteiger partial charge in [-0.05, 0) is 89.5 Å². The summed E-state index contributed by atoms with van der Waals surface area (Å²) < 4.78 is 13.7. The molecule has 13 rings (SSSR count). The van der Waals surface area contributed by atoms with Crippen LogP contribution in [0.4, 0.5) is 0 Å². The van der Waals surface area contributed by atoms with Crippen molar-refractivity contribution >= 4 is 76.6 Å². The Hall–Kier alpha value is -8.08. The Morgan fingerprint density at radius 2 is 0.817 bits per heavy atom. The maximum absolute atomic E-state index is 6.64. The summed E-state index contributed by atoms with van der Waals surface area (Å²) in [6.45, 7) is 0. The highest BCUT2D eigenvalue weighted by Gasteiger charge is 2.22. The molecule has 13 aromatic rings. The second-order valence-corrected chi connectivity index (χ2v) is 15.7. The molecule has 0 radical (unpaired) electrons. The molecule has 0 atom stereocenters. The molecule has 60 heavy (non-hydrogen) atoms. The first-order valence-electron chi connectivity index (χ1n) is 20.5. The summed E-state index contributed by atoms with van der Waals surface area (Å²) in [6.07, 6.45) is 0. The molecule has 4 nitrogen and oxygen atoms in total. The van der Waals surface area contributed by atoms with Gasteiger partial charge < -0.3 is 13.6 Å². The lowest BCUT2D eigenvalue weighted by atomic mass is 9.97. The maximum atomic E-state index is 6.64. The number of para-hydroxylation sites is 6. The third-order valence-corrected chi connectivity index (χ3v) is 12.4. The van der Waals surface area contributed by atoms with Crippen LogP contribution in [-0.4, -0.2) is 13.7 Å². The van der Waals surface area contributed by atoms with Crippen molar-refractivity contribution in [2.45, 2.75) is 0 Å². The van der Waals surface area contributed by atoms with Crippen molar-refractivity contribution in [3.8, 4) is 39.3 Å². The van der Waals surface area contributed by atoms with Crippen molar-refractivity contribution in [3.63, 3.8) is 0 Å². The van der Waals surface area contributed by atoms with E-state index in [0.29, 0.717) is 0 Å². The van der Waals surface area contributed by atoms with Gasteiger partial charge in [0.05, 0.1) is 33.0 Å². The normalized spacial score (nSPS) is 12.0. The van der Waals surface area contributed by atoms with E-state index in [2.05, 4.69) is 220 Å². The van der Waals surface area contributed by atoms with Gasteiger partial charge in [-0.25, -0.2) is 0 Å². The van der Waals surface area contributed by atoms with Crippen molar-refractivity contribution < 1.29 is 4.42 Å². The molecule has 280 valence electrons. The van der Waals surface area contributed by atoms with Crippen LogP contribution in [-0.2, 0) is 0 Å². The zero-order chi connectivity index (χ0) is 39.3. The largest absolute Gasteiger partial charge is 0.439 e. The van der Waals surface area contributed by atoms with Crippen LogP contribution < -0.4 is 0 Å². The van der Waals surface area contributed by atoms with E-state index in [9.17, 15) is 0 Å². The summed E-state index contributed by atoms with van der Waals surface area (Å²) in [5, 5.41) is 8.44. The monoisotopic (exact) mass is 765 g/mol. The minimum absolute atomic E-state index is 0.863. The van der Waals surface area contributed by atoms with Gasteiger partial charge in [0.15, 0.2) is 0 Å². The number of benzene rings is 9. The van der Waals surface area contributed by atoms with Gasteiger partial charge in [-0.1, -0.05) is 140 Å². The summed E-state index contributed by atoms with van der Waals surface area (Å²) in [5.74, 6) is 0. The first-order chi connectivity index (χ1) is 29.8. The molecule has 0 unspecified atom stereocenters. The van der Waals surface area contributed by atoms with Gasteiger partial charge in [-0.15, -0.1) is 0 Å². The van der Waals surface area contributed by atoms with Crippen molar-refractivity contribution in [1.29, 1.82) is 0 Å². The minimum Gasteiger partial charge on any atom is -0.439 e. The van der Waals surface area contributed by atoms with Crippen LogP contribution in [0.25, 0.3) is 116 Å². The topological polar surface area (TPSA) is 27.9 Å². The summed E-state index contributed by atoms with van der Waals surface area (Å²) in [5.41, 5.74) is 15.7. The molecule has 0 saturated heterocycles. The van der Waals surface area contributed by atoms with Crippen LogP contribution in [0.3, 0.4) is 0 Å². The van der Waals surface area contributed by atoms with Crippen LogP contribution in [0.5, 0.6) is 0 Å². The molecule has 4 heteroatoms.